The molecule has 2 rings (SSSR count). The van der Waals surface area contributed by atoms with E-state index in [0.717, 1.165) is 21.3 Å². The van der Waals surface area contributed by atoms with Gasteiger partial charge in [-0.2, -0.15) is 0 Å². The minimum absolute atomic E-state index is 0.00759. The quantitative estimate of drug-likeness (QED) is 0.867. The van der Waals surface area contributed by atoms with Gasteiger partial charge in [0, 0.05) is 24.9 Å². The molecular formula is C16H24N4OS. The molecule has 0 spiro atoms. The summed E-state index contributed by atoms with van der Waals surface area (Å²) in [6.45, 7) is 10.2. The van der Waals surface area contributed by atoms with Crippen molar-refractivity contribution >= 4 is 17.2 Å². The molecule has 0 N–H and O–H groups in total. The van der Waals surface area contributed by atoms with Crippen molar-refractivity contribution in [2.75, 3.05) is 7.05 Å². The highest BCUT2D eigenvalue weighted by molar-refractivity contribution is 7.11. The number of hydrogen-bond acceptors (Lipinski definition) is 4. The lowest BCUT2D eigenvalue weighted by Gasteiger charge is -2.24. The lowest BCUT2D eigenvalue weighted by Crippen LogP contribution is -2.31. The number of amides is 1. The standard InChI is InChI=1S/C16H24N4OS/c1-9(2)15-18-11(4)14(22-15)12(5)20(7)16(21)13-10(3)17-8-19(13)6/h8-9,12H,1-7H3/t12-/m0/s1. The average Bonchev–Trinajstić information content (AvgIpc) is 3.00. The molecule has 0 radical (unpaired) electrons. The van der Waals surface area contributed by atoms with Gasteiger partial charge in [-0.1, -0.05) is 13.8 Å². The summed E-state index contributed by atoms with van der Waals surface area (Å²) < 4.78 is 1.78. The molecule has 5 nitrogen and oxygen atoms in total. The lowest BCUT2D eigenvalue weighted by molar-refractivity contribution is 0.0734. The molecule has 0 bridgehead atoms. The fraction of sp³-hybridized carbons (Fsp3) is 0.562. The zero-order chi connectivity index (χ0) is 16.6. The molecule has 0 fully saturated rings. The second-order valence-corrected chi connectivity index (χ2v) is 7.10. The summed E-state index contributed by atoms with van der Waals surface area (Å²) in [6, 6.07) is -0.00759. The largest absolute Gasteiger partial charge is 0.333 e. The van der Waals surface area contributed by atoms with Crippen LogP contribution in [0.4, 0.5) is 0 Å². The van der Waals surface area contributed by atoms with Gasteiger partial charge in [-0.05, 0) is 20.8 Å². The van der Waals surface area contributed by atoms with E-state index in [0.29, 0.717) is 11.6 Å². The monoisotopic (exact) mass is 320 g/mol. The van der Waals surface area contributed by atoms with Gasteiger partial charge in [0.2, 0.25) is 0 Å². The van der Waals surface area contributed by atoms with Gasteiger partial charge < -0.3 is 9.47 Å². The number of carbonyl (C=O) groups excluding carboxylic acids is 1. The van der Waals surface area contributed by atoms with Crippen molar-refractivity contribution in [3.8, 4) is 0 Å². The third-order valence-corrected chi connectivity index (χ3v) is 5.57. The molecule has 0 unspecified atom stereocenters. The Morgan fingerprint density at radius 3 is 2.36 bits per heavy atom. The Hall–Kier alpha value is -1.69. The topological polar surface area (TPSA) is 51.0 Å². The Balaban J connectivity index is 2.29. The van der Waals surface area contributed by atoms with Gasteiger partial charge in [0.05, 0.1) is 28.8 Å². The number of nitrogens with zero attached hydrogens (tertiary/aromatic N) is 4. The normalized spacial score (nSPS) is 12.7. The van der Waals surface area contributed by atoms with Gasteiger partial charge in [-0.3, -0.25) is 4.79 Å². The van der Waals surface area contributed by atoms with Gasteiger partial charge in [0.1, 0.15) is 5.69 Å². The first-order valence-electron chi connectivity index (χ1n) is 7.46. The van der Waals surface area contributed by atoms with Gasteiger partial charge in [-0.25, -0.2) is 9.97 Å². The number of carbonyl (C=O) groups is 1. The highest BCUT2D eigenvalue weighted by atomic mass is 32.1. The van der Waals surface area contributed by atoms with E-state index in [1.165, 1.54) is 0 Å². The second kappa shape index (κ2) is 6.20. The van der Waals surface area contributed by atoms with Crippen molar-refractivity contribution < 1.29 is 4.79 Å². The predicted octanol–water partition coefficient (Wildman–Crippen LogP) is 3.45. The molecule has 0 aliphatic rings. The number of hydrogen-bond donors (Lipinski definition) is 0. The molecule has 2 aromatic heterocycles. The van der Waals surface area contributed by atoms with Crippen molar-refractivity contribution in [1.82, 2.24) is 19.4 Å². The molecule has 1 atom stereocenters. The van der Waals surface area contributed by atoms with E-state index in [9.17, 15) is 4.79 Å². The van der Waals surface area contributed by atoms with Crippen molar-refractivity contribution in [3.05, 3.63) is 33.3 Å². The summed E-state index contributed by atoms with van der Waals surface area (Å²) in [4.78, 5) is 24.5. The Morgan fingerprint density at radius 1 is 1.27 bits per heavy atom. The fourth-order valence-electron chi connectivity index (χ4n) is 2.44. The van der Waals surface area contributed by atoms with Crippen LogP contribution in [0.5, 0.6) is 0 Å². The minimum atomic E-state index is -0.0103. The van der Waals surface area contributed by atoms with Crippen LogP contribution < -0.4 is 0 Å². The minimum Gasteiger partial charge on any atom is -0.333 e. The van der Waals surface area contributed by atoms with Gasteiger partial charge in [0.15, 0.2) is 0 Å². The van der Waals surface area contributed by atoms with E-state index in [-0.39, 0.29) is 11.9 Å². The summed E-state index contributed by atoms with van der Waals surface area (Å²) in [5.74, 6) is 0.397. The smallest absolute Gasteiger partial charge is 0.272 e. The van der Waals surface area contributed by atoms with Crippen LogP contribution in [0.3, 0.4) is 0 Å². The summed E-state index contributed by atoms with van der Waals surface area (Å²) in [6.07, 6.45) is 1.68. The van der Waals surface area contributed by atoms with Crippen LogP contribution in [0.25, 0.3) is 0 Å². The van der Waals surface area contributed by atoms with Crippen LogP contribution in [0, 0.1) is 13.8 Å². The molecule has 22 heavy (non-hydrogen) atoms. The SMILES string of the molecule is Cc1nc(C(C)C)sc1[C@H](C)N(C)C(=O)c1c(C)ncn1C. The van der Waals surface area contributed by atoms with E-state index in [1.807, 2.05) is 34.9 Å². The first-order valence-corrected chi connectivity index (χ1v) is 8.28. The summed E-state index contributed by atoms with van der Waals surface area (Å²) in [7, 11) is 3.69. The maximum Gasteiger partial charge on any atom is 0.272 e. The molecule has 0 aliphatic carbocycles. The zero-order valence-electron chi connectivity index (χ0n) is 14.3. The van der Waals surface area contributed by atoms with Crippen LogP contribution in [-0.4, -0.2) is 32.4 Å². The summed E-state index contributed by atoms with van der Waals surface area (Å²) >= 11 is 1.70. The maximum absolute atomic E-state index is 12.8. The molecule has 2 heterocycles. The molecule has 6 heteroatoms. The van der Waals surface area contributed by atoms with Crippen LogP contribution in [0.1, 0.15) is 64.5 Å². The number of rotatable bonds is 4. The van der Waals surface area contributed by atoms with Crippen LogP contribution in [0.2, 0.25) is 0 Å². The van der Waals surface area contributed by atoms with E-state index in [4.69, 9.17) is 0 Å². The summed E-state index contributed by atoms with van der Waals surface area (Å²) in [5.41, 5.74) is 2.42. The Kier molecular flexibility index (Phi) is 4.70. The fourth-order valence-corrected chi connectivity index (χ4v) is 3.60. The Bertz CT molecular complexity index is 667. The molecule has 1 amide bonds. The Labute approximate surface area is 136 Å². The van der Waals surface area contributed by atoms with Gasteiger partial charge >= 0.3 is 0 Å². The van der Waals surface area contributed by atoms with Crippen molar-refractivity contribution in [1.29, 1.82) is 0 Å². The van der Waals surface area contributed by atoms with Crippen LogP contribution in [-0.2, 0) is 7.05 Å². The highest BCUT2D eigenvalue weighted by Gasteiger charge is 2.26. The molecule has 2 aromatic rings. The maximum atomic E-state index is 12.8. The molecule has 120 valence electrons. The van der Waals surface area contributed by atoms with E-state index >= 15 is 0 Å². The van der Waals surface area contributed by atoms with Crippen LogP contribution >= 0.6 is 11.3 Å². The molecule has 0 aromatic carbocycles. The number of imidazole rings is 1. The zero-order valence-corrected chi connectivity index (χ0v) is 15.2. The van der Waals surface area contributed by atoms with Gasteiger partial charge in [-0.15, -0.1) is 11.3 Å². The third-order valence-electron chi connectivity index (χ3n) is 3.95. The van der Waals surface area contributed by atoms with Crippen LogP contribution in [0.15, 0.2) is 6.33 Å². The number of thiazole rings is 1. The van der Waals surface area contributed by atoms with Crippen molar-refractivity contribution in [2.24, 2.45) is 7.05 Å². The highest BCUT2D eigenvalue weighted by Crippen LogP contribution is 2.32. The molecular weight excluding hydrogens is 296 g/mol. The molecule has 0 aliphatic heterocycles. The molecule has 0 saturated carbocycles. The van der Waals surface area contributed by atoms with E-state index in [1.54, 1.807) is 27.1 Å². The second-order valence-electron chi connectivity index (χ2n) is 6.04. The van der Waals surface area contributed by atoms with Crippen molar-refractivity contribution in [3.63, 3.8) is 0 Å². The first-order chi connectivity index (χ1) is 10.2. The van der Waals surface area contributed by atoms with E-state index in [2.05, 4.69) is 23.8 Å². The number of aryl methyl sites for hydroxylation is 3. The third kappa shape index (κ3) is 2.92. The Morgan fingerprint density at radius 2 is 1.91 bits per heavy atom. The number of aromatic nitrogens is 3. The summed E-state index contributed by atoms with van der Waals surface area (Å²) in [5, 5.41) is 1.12. The first kappa shape index (κ1) is 16.7. The average molecular weight is 320 g/mol. The van der Waals surface area contributed by atoms with Gasteiger partial charge in [0.25, 0.3) is 5.91 Å². The predicted molar refractivity (Wildman–Crippen MR) is 89.4 cm³/mol. The van der Waals surface area contributed by atoms with E-state index < -0.39 is 0 Å². The van der Waals surface area contributed by atoms with Crippen molar-refractivity contribution in [2.45, 2.75) is 46.6 Å². The lowest BCUT2D eigenvalue weighted by atomic mass is 10.2. The molecule has 0 saturated heterocycles.